The van der Waals surface area contributed by atoms with E-state index in [0.717, 1.165) is 0 Å². The number of alkyl carbamates (subject to hydrolysis) is 1. The zero-order valence-corrected chi connectivity index (χ0v) is 25.6. The molecule has 2 fully saturated rings. The van der Waals surface area contributed by atoms with E-state index in [4.69, 9.17) is 14.2 Å². The number of aliphatic hydroxyl groups excluding tert-OH is 1. The smallest absolute Gasteiger partial charge is 0.419 e. The lowest BCUT2D eigenvalue weighted by Gasteiger charge is -2.33. The van der Waals surface area contributed by atoms with Crippen LogP contribution in [0.5, 0.6) is 0 Å². The normalized spacial score (nSPS) is 25.7. The van der Waals surface area contributed by atoms with Crippen molar-refractivity contribution in [3.63, 3.8) is 0 Å². The molecule has 1 heterocycles. The van der Waals surface area contributed by atoms with Crippen LogP contribution in [0.25, 0.3) is 10.9 Å². The van der Waals surface area contributed by atoms with Gasteiger partial charge in [0.15, 0.2) is 0 Å². The number of aromatic nitrogens is 1. The van der Waals surface area contributed by atoms with E-state index in [1.54, 1.807) is 66.8 Å². The van der Waals surface area contributed by atoms with Crippen molar-refractivity contribution in [2.75, 3.05) is 6.61 Å². The third-order valence-corrected chi connectivity index (χ3v) is 7.79. The number of carbonyl (C=O) groups is 4. The first-order valence-electron chi connectivity index (χ1n) is 14.5. The Morgan fingerprint density at radius 2 is 1.71 bits per heavy atom. The molecule has 1 aromatic carbocycles. The van der Waals surface area contributed by atoms with Crippen molar-refractivity contribution in [3.8, 4) is 0 Å². The summed E-state index contributed by atoms with van der Waals surface area (Å²) in [5, 5.41) is 16.9. The number of hydrogen-bond acceptors (Lipinski definition) is 8. The van der Waals surface area contributed by atoms with Gasteiger partial charge in [-0.15, -0.1) is 0 Å². The zero-order chi connectivity index (χ0) is 31.2. The maximum absolute atomic E-state index is 14.0. The van der Waals surface area contributed by atoms with E-state index in [1.807, 2.05) is 19.1 Å². The fraction of sp³-hybridized carbons (Fsp3) is 0.613. The molecule has 2 aliphatic rings. The molecule has 2 amide bonds. The summed E-state index contributed by atoms with van der Waals surface area (Å²) in [6, 6.07) is 6.00. The van der Waals surface area contributed by atoms with E-state index in [-0.39, 0.29) is 37.2 Å². The van der Waals surface area contributed by atoms with E-state index in [2.05, 4.69) is 10.6 Å². The molecule has 42 heavy (non-hydrogen) atoms. The first-order valence-corrected chi connectivity index (χ1v) is 14.5. The average molecular weight is 586 g/mol. The minimum atomic E-state index is -1.42. The molecule has 2 aromatic rings. The van der Waals surface area contributed by atoms with E-state index >= 15 is 0 Å². The number of nitrogens with zero attached hydrogens (tertiary/aromatic N) is 1. The highest BCUT2D eigenvalue weighted by Gasteiger charge is 2.71. The third-order valence-electron chi connectivity index (χ3n) is 7.79. The van der Waals surface area contributed by atoms with Crippen LogP contribution in [0.15, 0.2) is 30.5 Å². The second-order valence-corrected chi connectivity index (χ2v) is 13.3. The standard InChI is InChI=1S/C31H43N3O8/c1-9-40-26(37)31(15-22(35)23-17(2)24(23)31)33-25(36)20(32-27(38)41-29(3,4)5)14-18-16-34(28(39)42-30(6,7)8)21-13-11-10-12-19(18)21/h10-13,16-17,20,22-24,35H,9,14-15H2,1-8H3,(H,32,38)(H,33,36)/t17-,20-,22-,23+,24+,31-/m0/s1. The zero-order valence-electron chi connectivity index (χ0n) is 25.6. The Morgan fingerprint density at radius 3 is 2.29 bits per heavy atom. The summed E-state index contributed by atoms with van der Waals surface area (Å²) >= 11 is 0. The van der Waals surface area contributed by atoms with Crippen molar-refractivity contribution in [2.24, 2.45) is 17.8 Å². The number of nitrogens with one attached hydrogen (secondary N) is 2. The van der Waals surface area contributed by atoms with Crippen LogP contribution in [0.1, 0.15) is 67.4 Å². The average Bonchev–Trinajstić information content (AvgIpc) is 3.25. The van der Waals surface area contributed by atoms with E-state index in [0.29, 0.717) is 16.5 Å². The molecular formula is C31H43N3O8. The Kier molecular flexibility index (Phi) is 8.39. The number of rotatable bonds is 7. The molecule has 3 N–H and O–H groups in total. The quantitative estimate of drug-likeness (QED) is 0.328. The van der Waals surface area contributed by atoms with Gasteiger partial charge in [-0.2, -0.15) is 0 Å². The summed E-state index contributed by atoms with van der Waals surface area (Å²) < 4.78 is 17.8. The molecule has 11 nitrogen and oxygen atoms in total. The van der Waals surface area contributed by atoms with Crippen LogP contribution in [0.2, 0.25) is 0 Å². The number of fused-ring (bicyclic) bond motifs is 2. The Bertz CT molecular complexity index is 1370. The van der Waals surface area contributed by atoms with E-state index in [9.17, 15) is 24.3 Å². The summed E-state index contributed by atoms with van der Waals surface area (Å²) in [6.45, 7) is 14.2. The lowest BCUT2D eigenvalue weighted by molar-refractivity contribution is -0.155. The van der Waals surface area contributed by atoms with Crippen molar-refractivity contribution in [1.29, 1.82) is 0 Å². The van der Waals surface area contributed by atoms with Gasteiger partial charge in [-0.05, 0) is 71.9 Å². The predicted octanol–water partition coefficient (Wildman–Crippen LogP) is 3.93. The van der Waals surface area contributed by atoms with Gasteiger partial charge in [0.2, 0.25) is 5.91 Å². The number of para-hydroxylation sites is 1. The third kappa shape index (κ3) is 6.40. The maximum Gasteiger partial charge on any atom is 0.419 e. The van der Waals surface area contributed by atoms with Crippen LogP contribution in [0.4, 0.5) is 9.59 Å². The topological polar surface area (TPSA) is 145 Å². The lowest BCUT2D eigenvalue weighted by Crippen LogP contribution is -2.61. The predicted molar refractivity (Wildman–Crippen MR) is 155 cm³/mol. The second kappa shape index (κ2) is 11.2. The molecule has 0 saturated heterocycles. The summed E-state index contributed by atoms with van der Waals surface area (Å²) in [5.74, 6) is -1.63. The van der Waals surface area contributed by atoms with Crippen molar-refractivity contribution in [3.05, 3.63) is 36.0 Å². The van der Waals surface area contributed by atoms with Crippen molar-refractivity contribution < 1.29 is 38.5 Å². The molecule has 0 bridgehead atoms. The summed E-state index contributed by atoms with van der Waals surface area (Å²) in [6.07, 6.45) is -0.566. The van der Waals surface area contributed by atoms with Gasteiger partial charge < -0.3 is 30.0 Å². The number of carbonyl (C=O) groups excluding carboxylic acids is 4. The Morgan fingerprint density at radius 1 is 1.07 bits per heavy atom. The highest BCUT2D eigenvalue weighted by molar-refractivity contribution is 5.95. The van der Waals surface area contributed by atoms with Gasteiger partial charge in [0.1, 0.15) is 22.8 Å². The van der Waals surface area contributed by atoms with Gasteiger partial charge in [0, 0.05) is 30.3 Å². The number of amides is 2. The van der Waals surface area contributed by atoms with Crippen molar-refractivity contribution in [2.45, 2.75) is 97.1 Å². The molecule has 0 unspecified atom stereocenters. The lowest BCUT2D eigenvalue weighted by atomic mass is 9.89. The summed E-state index contributed by atoms with van der Waals surface area (Å²) in [4.78, 5) is 53.2. The first-order chi connectivity index (χ1) is 19.5. The van der Waals surface area contributed by atoms with Gasteiger partial charge in [0.05, 0.1) is 18.2 Å². The second-order valence-electron chi connectivity index (χ2n) is 13.3. The Hall–Kier alpha value is -3.60. The van der Waals surface area contributed by atoms with Crippen LogP contribution in [0.3, 0.4) is 0 Å². The number of ether oxygens (including phenoxy) is 3. The van der Waals surface area contributed by atoms with Crippen LogP contribution in [0, 0.1) is 17.8 Å². The highest BCUT2D eigenvalue weighted by Crippen LogP contribution is 2.62. The summed E-state index contributed by atoms with van der Waals surface area (Å²) in [7, 11) is 0. The molecule has 0 aliphatic heterocycles. The molecule has 4 rings (SSSR count). The van der Waals surface area contributed by atoms with Gasteiger partial charge in [-0.3, -0.25) is 9.36 Å². The molecule has 11 heteroatoms. The number of hydrogen-bond donors (Lipinski definition) is 3. The Balaban J connectivity index is 1.69. The largest absolute Gasteiger partial charge is 0.464 e. The molecule has 2 aliphatic carbocycles. The Labute approximate surface area is 246 Å². The molecule has 0 radical (unpaired) electrons. The molecule has 1 aromatic heterocycles. The molecule has 230 valence electrons. The SMILES string of the molecule is CCOC(=O)[C@]1(NC(=O)[C@H](Cc2cn(C(=O)OC(C)(C)C)c3ccccc23)NC(=O)OC(C)(C)C)C[C@H](O)[C@H]2[C@H](C)[C@H]21. The van der Waals surface area contributed by atoms with Crippen molar-refractivity contribution in [1.82, 2.24) is 15.2 Å². The minimum absolute atomic E-state index is 0.0162. The van der Waals surface area contributed by atoms with Gasteiger partial charge in [-0.25, -0.2) is 14.4 Å². The monoisotopic (exact) mass is 585 g/mol. The molecule has 6 atom stereocenters. The molecule has 2 saturated carbocycles. The first kappa shape index (κ1) is 31.3. The van der Waals surface area contributed by atoms with Crippen LogP contribution >= 0.6 is 0 Å². The van der Waals surface area contributed by atoms with E-state index in [1.165, 1.54) is 4.57 Å². The van der Waals surface area contributed by atoms with Crippen LogP contribution in [-0.4, -0.2) is 69.2 Å². The van der Waals surface area contributed by atoms with Crippen LogP contribution < -0.4 is 10.6 Å². The fourth-order valence-corrected chi connectivity index (χ4v) is 6.19. The van der Waals surface area contributed by atoms with Crippen molar-refractivity contribution >= 4 is 35.0 Å². The fourth-order valence-electron chi connectivity index (χ4n) is 6.19. The maximum atomic E-state index is 14.0. The highest BCUT2D eigenvalue weighted by atomic mass is 16.6. The van der Waals surface area contributed by atoms with Gasteiger partial charge in [-0.1, -0.05) is 25.1 Å². The molecule has 0 spiro atoms. The minimum Gasteiger partial charge on any atom is -0.464 e. The number of aliphatic hydroxyl groups is 1. The van der Waals surface area contributed by atoms with Gasteiger partial charge >= 0.3 is 18.2 Å². The molecular weight excluding hydrogens is 542 g/mol. The summed E-state index contributed by atoms with van der Waals surface area (Å²) in [5.41, 5.74) is -1.80. The number of esters is 1. The van der Waals surface area contributed by atoms with Gasteiger partial charge in [0.25, 0.3) is 0 Å². The van der Waals surface area contributed by atoms with Crippen LogP contribution in [-0.2, 0) is 30.2 Å². The number of benzene rings is 1. The van der Waals surface area contributed by atoms with E-state index < -0.39 is 52.9 Å².